The van der Waals surface area contributed by atoms with Crippen LogP contribution in [-0.2, 0) is 0 Å². The van der Waals surface area contributed by atoms with Crippen LogP contribution < -0.4 is 26.2 Å². The Balaban J connectivity index is 1.27. The van der Waals surface area contributed by atoms with E-state index in [-0.39, 0.29) is 6.71 Å². The van der Waals surface area contributed by atoms with Gasteiger partial charge in [0.15, 0.2) is 0 Å². The molecular weight excluding hydrogens is 657 g/mol. The second-order valence-electron chi connectivity index (χ2n) is 14.6. The van der Waals surface area contributed by atoms with Gasteiger partial charge in [0.1, 0.15) is 11.2 Å². The lowest BCUT2D eigenvalue weighted by Gasteiger charge is -2.41. The summed E-state index contributed by atoms with van der Waals surface area (Å²) in [5, 5.41) is 4.83. The van der Waals surface area contributed by atoms with E-state index in [1.54, 1.807) is 0 Å². The van der Waals surface area contributed by atoms with Crippen LogP contribution in [-0.4, -0.2) is 11.3 Å². The minimum absolute atomic E-state index is 0.0430. The monoisotopic (exact) mass is 689 g/mol. The first-order valence-corrected chi connectivity index (χ1v) is 18.6. The van der Waals surface area contributed by atoms with E-state index < -0.39 is 0 Å². The fraction of sp³-hybridized carbons (Fsp3) is 0.0204. The summed E-state index contributed by atoms with van der Waals surface area (Å²) in [5.41, 5.74) is 17.5. The van der Waals surface area contributed by atoms with Crippen LogP contribution in [0, 0.1) is 6.92 Å². The minimum Gasteiger partial charge on any atom is -0.456 e. The van der Waals surface area contributed by atoms with E-state index in [9.17, 15) is 0 Å². The molecule has 54 heavy (non-hydrogen) atoms. The fourth-order valence-corrected chi connectivity index (χ4v) is 9.45. The van der Waals surface area contributed by atoms with Crippen LogP contribution in [0.3, 0.4) is 0 Å². The summed E-state index contributed by atoms with van der Waals surface area (Å²) >= 11 is 0. The second kappa shape index (κ2) is 11.0. The second-order valence-corrected chi connectivity index (χ2v) is 14.6. The molecule has 12 rings (SSSR count). The summed E-state index contributed by atoms with van der Waals surface area (Å²) in [6.07, 6.45) is 0. The predicted octanol–water partition coefficient (Wildman–Crippen LogP) is 11.1. The quantitative estimate of drug-likeness (QED) is 0.172. The molecule has 2 aliphatic heterocycles. The highest BCUT2D eigenvalue weighted by atomic mass is 16.3. The van der Waals surface area contributed by atoms with Gasteiger partial charge < -0.3 is 18.8 Å². The summed E-state index contributed by atoms with van der Waals surface area (Å²) in [7, 11) is 0. The van der Waals surface area contributed by atoms with Crippen molar-refractivity contribution >= 4 is 101 Å². The van der Waals surface area contributed by atoms with Crippen molar-refractivity contribution in [2.75, 3.05) is 9.80 Å². The Morgan fingerprint density at radius 2 is 1.17 bits per heavy atom. The molecule has 0 unspecified atom stereocenters. The molecule has 0 N–H and O–H groups in total. The van der Waals surface area contributed by atoms with Gasteiger partial charge in [0.2, 0.25) is 0 Å². The van der Waals surface area contributed by atoms with Crippen LogP contribution in [0.4, 0.5) is 34.1 Å². The highest BCUT2D eigenvalue weighted by Crippen LogP contribution is 2.47. The van der Waals surface area contributed by atoms with Crippen LogP contribution in [0.1, 0.15) is 5.56 Å². The molecular formula is C49H32BN3O. The molecule has 0 aliphatic carbocycles. The van der Waals surface area contributed by atoms with Gasteiger partial charge in [-0.3, -0.25) is 0 Å². The number of rotatable bonds is 4. The standard InChI is InChI=1S/C49H32BN3O/c1-31-24-26-44-37(28-31)47-45(54-44)27-25-41-46(47)36-20-13-22-39-49(36)53(41)43-30-35(51(32-14-5-2-6-15-32)33-16-7-3-8-17-33)29-42-48(43)50(39)38-21-11-12-23-40(38)52(42)34-18-9-4-10-19-34/h2-30H,1H3. The number of para-hydroxylation sites is 5. The normalized spacial score (nSPS) is 12.8. The zero-order valence-electron chi connectivity index (χ0n) is 29.6. The number of hydrogen-bond donors (Lipinski definition) is 0. The Hall–Kier alpha value is -6.98. The van der Waals surface area contributed by atoms with E-state index in [0.29, 0.717) is 0 Å². The van der Waals surface area contributed by atoms with Gasteiger partial charge in [-0.1, -0.05) is 103 Å². The molecule has 0 saturated carbocycles. The number of nitrogens with zero attached hydrogens (tertiary/aromatic N) is 3. The van der Waals surface area contributed by atoms with Gasteiger partial charge in [-0.2, -0.15) is 0 Å². The average Bonchev–Trinajstić information content (AvgIpc) is 3.76. The van der Waals surface area contributed by atoms with E-state index in [0.717, 1.165) is 39.3 Å². The Bertz CT molecular complexity index is 3090. The smallest absolute Gasteiger partial charge is 0.252 e. The first kappa shape index (κ1) is 29.6. The van der Waals surface area contributed by atoms with E-state index in [1.807, 2.05) is 0 Å². The van der Waals surface area contributed by atoms with Crippen LogP contribution >= 0.6 is 0 Å². The number of hydrogen-bond acceptors (Lipinski definition) is 3. The van der Waals surface area contributed by atoms with E-state index in [2.05, 4.69) is 197 Å². The van der Waals surface area contributed by atoms with Crippen molar-refractivity contribution in [1.82, 2.24) is 4.57 Å². The summed E-state index contributed by atoms with van der Waals surface area (Å²) in [6.45, 7) is 2.20. The molecule has 10 aromatic rings. The minimum atomic E-state index is 0.0430. The predicted molar refractivity (Wildman–Crippen MR) is 227 cm³/mol. The maximum absolute atomic E-state index is 6.53. The van der Waals surface area contributed by atoms with Crippen molar-refractivity contribution < 1.29 is 4.42 Å². The molecule has 5 heteroatoms. The van der Waals surface area contributed by atoms with Gasteiger partial charge in [-0.25, -0.2) is 0 Å². The van der Waals surface area contributed by atoms with Crippen molar-refractivity contribution in [3.63, 3.8) is 0 Å². The Labute approximate surface area is 312 Å². The molecule has 2 aromatic heterocycles. The topological polar surface area (TPSA) is 24.6 Å². The zero-order valence-corrected chi connectivity index (χ0v) is 29.6. The Morgan fingerprint density at radius 1 is 0.500 bits per heavy atom. The number of fused-ring (bicyclic) bond motifs is 11. The Morgan fingerprint density at radius 3 is 1.94 bits per heavy atom. The Kier molecular flexibility index (Phi) is 6.04. The average molecular weight is 690 g/mol. The third kappa shape index (κ3) is 3.98. The van der Waals surface area contributed by atoms with E-state index in [1.165, 1.54) is 66.2 Å². The molecule has 0 amide bonds. The van der Waals surface area contributed by atoms with Crippen LogP contribution in [0.5, 0.6) is 0 Å². The largest absolute Gasteiger partial charge is 0.456 e. The van der Waals surface area contributed by atoms with Gasteiger partial charge in [0, 0.05) is 61.2 Å². The third-order valence-electron chi connectivity index (χ3n) is 11.6. The first-order chi connectivity index (χ1) is 26.7. The number of aryl methyl sites for hydroxylation is 1. The third-order valence-corrected chi connectivity index (χ3v) is 11.6. The zero-order chi connectivity index (χ0) is 35.5. The number of furan rings is 1. The van der Waals surface area contributed by atoms with Gasteiger partial charge in [0.05, 0.1) is 11.2 Å². The SMILES string of the molecule is Cc1ccc2oc3ccc4c(c5cccc6c5n4-c4cc(N(c5ccccc5)c5ccccc5)cc5c4B6c4ccccc4N5c4ccccc4)c3c2c1. The summed E-state index contributed by atoms with van der Waals surface area (Å²) in [6, 6.07) is 64.0. The molecule has 2 aliphatic rings. The van der Waals surface area contributed by atoms with Gasteiger partial charge in [-0.05, 0) is 102 Å². The van der Waals surface area contributed by atoms with E-state index >= 15 is 0 Å². The van der Waals surface area contributed by atoms with Crippen molar-refractivity contribution in [2.45, 2.75) is 6.92 Å². The highest BCUT2D eigenvalue weighted by molar-refractivity contribution is 7.00. The highest BCUT2D eigenvalue weighted by Gasteiger charge is 2.42. The summed E-state index contributed by atoms with van der Waals surface area (Å²) in [4.78, 5) is 4.87. The molecule has 0 atom stereocenters. The maximum atomic E-state index is 6.53. The lowest BCUT2D eigenvalue weighted by atomic mass is 9.34. The van der Waals surface area contributed by atoms with Gasteiger partial charge in [0.25, 0.3) is 6.71 Å². The van der Waals surface area contributed by atoms with Crippen molar-refractivity contribution in [1.29, 1.82) is 0 Å². The van der Waals surface area contributed by atoms with Crippen LogP contribution in [0.2, 0.25) is 0 Å². The lowest BCUT2D eigenvalue weighted by Crippen LogP contribution is -2.60. The molecule has 0 spiro atoms. The van der Waals surface area contributed by atoms with Crippen molar-refractivity contribution in [2.24, 2.45) is 0 Å². The molecule has 252 valence electrons. The van der Waals surface area contributed by atoms with E-state index in [4.69, 9.17) is 4.42 Å². The van der Waals surface area contributed by atoms with Gasteiger partial charge >= 0.3 is 0 Å². The molecule has 0 fully saturated rings. The van der Waals surface area contributed by atoms with Gasteiger partial charge in [-0.15, -0.1) is 0 Å². The summed E-state index contributed by atoms with van der Waals surface area (Å²) in [5.74, 6) is 0. The summed E-state index contributed by atoms with van der Waals surface area (Å²) < 4.78 is 9.08. The number of anilines is 6. The maximum Gasteiger partial charge on any atom is 0.252 e. The van der Waals surface area contributed by atoms with Crippen molar-refractivity contribution in [3.8, 4) is 5.69 Å². The molecule has 0 radical (unpaired) electrons. The van der Waals surface area contributed by atoms with Crippen LogP contribution in [0.25, 0.3) is 49.4 Å². The van der Waals surface area contributed by atoms with Crippen LogP contribution in [0.15, 0.2) is 180 Å². The molecule has 8 aromatic carbocycles. The number of benzene rings is 8. The molecule has 4 nitrogen and oxygen atoms in total. The fourth-order valence-electron chi connectivity index (χ4n) is 9.45. The van der Waals surface area contributed by atoms with Crippen molar-refractivity contribution in [3.05, 3.63) is 181 Å². The molecule has 0 bridgehead atoms. The number of aromatic nitrogens is 1. The molecule has 0 saturated heterocycles. The lowest BCUT2D eigenvalue weighted by molar-refractivity contribution is 0.669. The first-order valence-electron chi connectivity index (χ1n) is 18.6. The molecule has 4 heterocycles.